The molecule has 3 aromatic carbocycles. The van der Waals surface area contributed by atoms with Crippen LogP contribution >= 0.6 is 0 Å². The second-order valence-corrected chi connectivity index (χ2v) is 11.8. The predicted octanol–water partition coefficient (Wildman–Crippen LogP) is 4.57. The second kappa shape index (κ2) is 14.9. The largest absolute Gasteiger partial charge is 0.374 e. The van der Waals surface area contributed by atoms with Gasteiger partial charge in [-0.2, -0.15) is 0 Å². The van der Waals surface area contributed by atoms with Crippen molar-refractivity contribution in [1.82, 2.24) is 19.8 Å². The van der Waals surface area contributed by atoms with E-state index in [1.807, 2.05) is 71.1 Å². The van der Waals surface area contributed by atoms with Crippen molar-refractivity contribution in [2.45, 2.75) is 64.8 Å². The third kappa shape index (κ3) is 8.61. The van der Waals surface area contributed by atoms with Crippen molar-refractivity contribution in [2.75, 3.05) is 19.7 Å². The Morgan fingerprint density at radius 1 is 0.977 bits per heavy atom. The van der Waals surface area contributed by atoms with Gasteiger partial charge in [-0.15, -0.1) is 0 Å². The third-order valence-electron chi connectivity index (χ3n) is 7.58. The first-order valence-electron chi connectivity index (χ1n) is 15.0. The molecule has 1 aliphatic heterocycles. The van der Waals surface area contributed by atoms with E-state index < -0.39 is 11.6 Å². The average Bonchev–Trinajstić information content (AvgIpc) is 3.70. The van der Waals surface area contributed by atoms with Crippen molar-refractivity contribution in [1.29, 1.82) is 0 Å². The summed E-state index contributed by atoms with van der Waals surface area (Å²) in [5.41, 5.74) is 7.65. The standard InChI is InChI=1S/C20H21N3O.C15H22N2O3/c1-15-13-23(14-21-15)19(20(24)22-11-4-5-12-22)18-10-6-8-16-7-2-3-9-17(16)18;1-11(18)13(17-14(19)15(2,3)16)10-20-9-12-7-5-4-6-8-12/h2-3,6-10,13-14,19H,4-5,11-12H2,1H3;4-8,13H,9-10,16H2,1-3H3,(H,17,19). The van der Waals surface area contributed by atoms with Crippen LogP contribution in [0.5, 0.6) is 0 Å². The Labute approximate surface area is 259 Å². The van der Waals surface area contributed by atoms with E-state index in [1.54, 1.807) is 20.2 Å². The van der Waals surface area contributed by atoms with E-state index in [2.05, 4.69) is 34.6 Å². The van der Waals surface area contributed by atoms with Gasteiger partial charge in [0.1, 0.15) is 12.1 Å². The summed E-state index contributed by atoms with van der Waals surface area (Å²) in [5, 5.41) is 4.89. The summed E-state index contributed by atoms with van der Waals surface area (Å²) in [4.78, 5) is 42.9. The Bertz CT molecular complexity index is 1550. The van der Waals surface area contributed by atoms with Crippen molar-refractivity contribution < 1.29 is 19.1 Å². The number of carbonyl (C=O) groups is 3. The van der Waals surface area contributed by atoms with Gasteiger partial charge in [0.25, 0.3) is 0 Å². The van der Waals surface area contributed by atoms with Gasteiger partial charge in [0, 0.05) is 19.3 Å². The summed E-state index contributed by atoms with van der Waals surface area (Å²) < 4.78 is 7.44. The van der Waals surface area contributed by atoms with Gasteiger partial charge in [0.2, 0.25) is 11.8 Å². The van der Waals surface area contributed by atoms with Crippen LogP contribution in [0.25, 0.3) is 10.8 Å². The van der Waals surface area contributed by atoms with E-state index in [9.17, 15) is 14.4 Å². The van der Waals surface area contributed by atoms with Gasteiger partial charge < -0.3 is 25.3 Å². The van der Waals surface area contributed by atoms with Crippen LogP contribution in [0.1, 0.15) is 56.5 Å². The first kappa shape index (κ1) is 32.6. The molecule has 9 nitrogen and oxygen atoms in total. The van der Waals surface area contributed by atoms with Gasteiger partial charge in [-0.05, 0) is 62.4 Å². The molecule has 0 saturated carbocycles. The lowest BCUT2D eigenvalue weighted by molar-refractivity contribution is -0.132. The zero-order valence-electron chi connectivity index (χ0n) is 26.0. The zero-order chi connectivity index (χ0) is 31.7. The molecule has 0 radical (unpaired) electrons. The molecule has 4 aromatic rings. The molecule has 0 bridgehead atoms. The molecule has 232 valence electrons. The fourth-order valence-electron chi connectivity index (χ4n) is 5.08. The number of nitrogens with one attached hydrogen (secondary N) is 1. The molecule has 0 spiro atoms. The van der Waals surface area contributed by atoms with E-state index in [-0.39, 0.29) is 30.2 Å². The van der Waals surface area contributed by atoms with Crippen LogP contribution in [0.2, 0.25) is 0 Å². The molecule has 2 heterocycles. The fraction of sp³-hybridized carbons (Fsp3) is 0.371. The lowest BCUT2D eigenvalue weighted by atomic mass is 9.97. The quantitative estimate of drug-likeness (QED) is 0.276. The van der Waals surface area contributed by atoms with Crippen LogP contribution in [-0.4, -0.2) is 63.3 Å². The number of ether oxygens (including phenoxy) is 1. The first-order valence-corrected chi connectivity index (χ1v) is 15.0. The average molecular weight is 598 g/mol. The smallest absolute Gasteiger partial charge is 0.250 e. The highest BCUT2D eigenvalue weighted by atomic mass is 16.5. The molecule has 9 heteroatoms. The molecule has 1 fully saturated rings. The maximum Gasteiger partial charge on any atom is 0.250 e. The van der Waals surface area contributed by atoms with Crippen molar-refractivity contribution in [2.24, 2.45) is 5.73 Å². The number of imidazole rings is 1. The maximum absolute atomic E-state index is 13.3. The second-order valence-electron chi connectivity index (χ2n) is 11.8. The number of amides is 2. The number of nitrogens with two attached hydrogens (primary N) is 1. The zero-order valence-corrected chi connectivity index (χ0v) is 26.0. The molecule has 44 heavy (non-hydrogen) atoms. The number of aryl methyl sites for hydroxylation is 1. The fourth-order valence-corrected chi connectivity index (χ4v) is 5.08. The van der Waals surface area contributed by atoms with Crippen LogP contribution in [0.3, 0.4) is 0 Å². The number of aromatic nitrogens is 2. The molecule has 2 amide bonds. The lowest BCUT2D eigenvalue weighted by Crippen LogP contribution is -2.54. The van der Waals surface area contributed by atoms with E-state index in [4.69, 9.17) is 10.5 Å². The number of rotatable bonds is 10. The number of fused-ring (bicyclic) bond motifs is 1. The normalized spacial score (nSPS) is 14.4. The maximum atomic E-state index is 13.3. The van der Waals surface area contributed by atoms with Gasteiger partial charge in [-0.25, -0.2) is 4.98 Å². The van der Waals surface area contributed by atoms with E-state index in [1.165, 1.54) is 6.92 Å². The van der Waals surface area contributed by atoms with Crippen molar-refractivity contribution >= 4 is 28.4 Å². The minimum atomic E-state index is -1.02. The molecule has 1 saturated heterocycles. The van der Waals surface area contributed by atoms with Gasteiger partial charge in [0.05, 0.1) is 30.8 Å². The van der Waals surface area contributed by atoms with E-state index in [0.717, 1.165) is 53.5 Å². The Hall–Kier alpha value is -4.34. The Morgan fingerprint density at radius 3 is 2.27 bits per heavy atom. The van der Waals surface area contributed by atoms with Gasteiger partial charge in [0.15, 0.2) is 5.78 Å². The Balaban J connectivity index is 0.000000205. The molecule has 2 atom stereocenters. The minimum Gasteiger partial charge on any atom is -0.374 e. The summed E-state index contributed by atoms with van der Waals surface area (Å²) in [6.07, 6.45) is 5.92. The third-order valence-corrected chi connectivity index (χ3v) is 7.58. The highest BCUT2D eigenvalue weighted by molar-refractivity contribution is 5.93. The number of ketones is 1. The number of hydrogen-bond donors (Lipinski definition) is 2. The predicted molar refractivity (Wildman–Crippen MR) is 172 cm³/mol. The summed E-state index contributed by atoms with van der Waals surface area (Å²) in [6.45, 7) is 8.78. The van der Waals surface area contributed by atoms with Crippen molar-refractivity contribution in [3.8, 4) is 0 Å². The molecule has 2 unspecified atom stereocenters. The van der Waals surface area contributed by atoms with Crippen LogP contribution in [0.15, 0.2) is 85.3 Å². The van der Waals surface area contributed by atoms with Gasteiger partial charge >= 0.3 is 0 Å². The van der Waals surface area contributed by atoms with Crippen LogP contribution in [0, 0.1) is 6.92 Å². The number of Topliss-reactive ketones (excluding diaryl/α,β-unsaturated/α-hetero) is 1. The molecule has 3 N–H and O–H groups in total. The van der Waals surface area contributed by atoms with E-state index in [0.29, 0.717) is 6.61 Å². The number of hydrogen-bond acceptors (Lipinski definition) is 6. The summed E-state index contributed by atoms with van der Waals surface area (Å²) in [6, 6.07) is 23.0. The van der Waals surface area contributed by atoms with Crippen molar-refractivity contribution in [3.63, 3.8) is 0 Å². The molecular formula is C35H43N5O4. The number of carbonyl (C=O) groups excluding carboxylic acids is 3. The lowest BCUT2D eigenvalue weighted by Gasteiger charge is -2.25. The number of benzene rings is 3. The topological polar surface area (TPSA) is 120 Å². The van der Waals surface area contributed by atoms with Gasteiger partial charge in [-0.3, -0.25) is 14.4 Å². The first-order chi connectivity index (χ1) is 21.0. The molecule has 5 rings (SSSR count). The van der Waals surface area contributed by atoms with Crippen LogP contribution in [0.4, 0.5) is 0 Å². The Morgan fingerprint density at radius 2 is 1.64 bits per heavy atom. The summed E-state index contributed by atoms with van der Waals surface area (Å²) in [5.74, 6) is -0.363. The molecular weight excluding hydrogens is 554 g/mol. The number of likely N-dealkylation sites (tertiary alicyclic amines) is 1. The monoisotopic (exact) mass is 597 g/mol. The molecule has 0 aliphatic carbocycles. The highest BCUT2D eigenvalue weighted by Crippen LogP contribution is 2.30. The summed E-state index contributed by atoms with van der Waals surface area (Å²) >= 11 is 0. The van der Waals surface area contributed by atoms with E-state index >= 15 is 0 Å². The van der Waals surface area contributed by atoms with Crippen LogP contribution < -0.4 is 11.1 Å². The van der Waals surface area contributed by atoms with Crippen LogP contribution in [-0.2, 0) is 25.7 Å². The minimum absolute atomic E-state index is 0.131. The molecule has 1 aromatic heterocycles. The number of nitrogens with zero attached hydrogens (tertiary/aromatic N) is 3. The SMILES string of the molecule is CC(=O)C(COCc1ccccc1)NC(=O)C(C)(C)N.Cc1cn(C(C(=O)N2CCCC2)c2cccc3ccccc23)cn1. The Kier molecular flexibility index (Phi) is 11.0. The van der Waals surface area contributed by atoms with Gasteiger partial charge in [-0.1, -0.05) is 72.8 Å². The van der Waals surface area contributed by atoms with Crippen molar-refractivity contribution in [3.05, 3.63) is 102 Å². The molecule has 1 aliphatic rings. The highest BCUT2D eigenvalue weighted by Gasteiger charge is 2.30. The summed E-state index contributed by atoms with van der Waals surface area (Å²) in [7, 11) is 0.